The standard InChI is InChI=1S/C24H29NO3S/c26-24-25-23-13-10-21(16-20(23)17-28-24)27-14-4-5-15-29-22-11-8-19(9-12-22)18-6-2-1-3-7-18/h8-13,16,18H,1-7,14-15,17H2,(H,25,26). The van der Waals surface area contributed by atoms with Gasteiger partial charge in [-0.15, -0.1) is 11.8 Å². The van der Waals surface area contributed by atoms with Gasteiger partial charge in [0.2, 0.25) is 0 Å². The Morgan fingerprint density at radius 2 is 1.86 bits per heavy atom. The van der Waals surface area contributed by atoms with Gasteiger partial charge in [-0.2, -0.15) is 0 Å². The fourth-order valence-corrected chi connectivity index (χ4v) is 4.96. The van der Waals surface area contributed by atoms with Crippen LogP contribution in [-0.2, 0) is 11.3 Å². The average Bonchev–Trinajstić information content (AvgIpc) is 2.77. The van der Waals surface area contributed by atoms with Crippen LogP contribution < -0.4 is 10.1 Å². The third-order valence-electron chi connectivity index (χ3n) is 5.71. The van der Waals surface area contributed by atoms with Crippen LogP contribution in [0, 0.1) is 0 Å². The number of fused-ring (bicyclic) bond motifs is 1. The van der Waals surface area contributed by atoms with Gasteiger partial charge in [0.25, 0.3) is 0 Å². The summed E-state index contributed by atoms with van der Waals surface area (Å²) in [5.74, 6) is 2.72. The quantitative estimate of drug-likeness (QED) is 0.386. The first-order valence-corrected chi connectivity index (χ1v) is 11.7. The molecule has 154 valence electrons. The first-order chi connectivity index (χ1) is 14.3. The number of thioether (sulfide) groups is 1. The first-order valence-electron chi connectivity index (χ1n) is 10.7. The zero-order chi connectivity index (χ0) is 19.9. The molecule has 1 aliphatic carbocycles. The molecule has 0 bridgehead atoms. The maximum absolute atomic E-state index is 11.2. The molecule has 1 saturated carbocycles. The van der Waals surface area contributed by atoms with E-state index >= 15 is 0 Å². The summed E-state index contributed by atoms with van der Waals surface area (Å²) in [6, 6.07) is 15.0. The van der Waals surface area contributed by atoms with E-state index in [-0.39, 0.29) is 0 Å². The second-order valence-corrected chi connectivity index (χ2v) is 9.00. The van der Waals surface area contributed by atoms with E-state index in [4.69, 9.17) is 9.47 Å². The van der Waals surface area contributed by atoms with Gasteiger partial charge in [0.1, 0.15) is 12.4 Å². The Morgan fingerprint density at radius 3 is 2.69 bits per heavy atom. The van der Waals surface area contributed by atoms with Crippen LogP contribution in [0.25, 0.3) is 0 Å². The molecule has 0 spiro atoms. The highest BCUT2D eigenvalue weighted by Gasteiger charge is 2.16. The third-order valence-corrected chi connectivity index (χ3v) is 6.80. The van der Waals surface area contributed by atoms with Crippen LogP contribution in [0.15, 0.2) is 47.4 Å². The van der Waals surface area contributed by atoms with E-state index in [2.05, 4.69) is 29.6 Å². The Balaban J connectivity index is 1.14. The van der Waals surface area contributed by atoms with Crippen molar-refractivity contribution in [2.45, 2.75) is 62.4 Å². The molecule has 2 aliphatic rings. The van der Waals surface area contributed by atoms with E-state index in [1.807, 2.05) is 30.0 Å². The number of amides is 1. The number of nitrogens with one attached hydrogen (secondary N) is 1. The van der Waals surface area contributed by atoms with E-state index in [0.717, 1.165) is 41.5 Å². The van der Waals surface area contributed by atoms with Crippen LogP contribution in [0.5, 0.6) is 5.75 Å². The summed E-state index contributed by atoms with van der Waals surface area (Å²) < 4.78 is 10.8. The van der Waals surface area contributed by atoms with Crippen LogP contribution in [0.3, 0.4) is 0 Å². The molecule has 4 nitrogen and oxygen atoms in total. The monoisotopic (exact) mass is 411 g/mol. The van der Waals surface area contributed by atoms with Gasteiger partial charge in [0, 0.05) is 10.5 Å². The van der Waals surface area contributed by atoms with Crippen molar-refractivity contribution in [3.63, 3.8) is 0 Å². The van der Waals surface area contributed by atoms with Gasteiger partial charge in [0.05, 0.1) is 12.3 Å². The van der Waals surface area contributed by atoms with E-state index < -0.39 is 6.09 Å². The van der Waals surface area contributed by atoms with Crippen molar-refractivity contribution in [3.05, 3.63) is 53.6 Å². The number of rotatable bonds is 8. The smallest absolute Gasteiger partial charge is 0.411 e. The number of hydrogen-bond donors (Lipinski definition) is 1. The molecule has 0 unspecified atom stereocenters. The Hall–Kier alpha value is -2.14. The fraction of sp³-hybridized carbons (Fsp3) is 0.458. The van der Waals surface area contributed by atoms with Gasteiger partial charge < -0.3 is 9.47 Å². The van der Waals surface area contributed by atoms with E-state index in [1.54, 1.807) is 0 Å². The summed E-state index contributed by atoms with van der Waals surface area (Å²) in [6.07, 6.45) is 8.66. The number of cyclic esters (lactones) is 1. The fourth-order valence-electron chi connectivity index (χ4n) is 4.05. The summed E-state index contributed by atoms with van der Waals surface area (Å²) in [6.45, 7) is 1.00. The second-order valence-electron chi connectivity index (χ2n) is 7.83. The summed E-state index contributed by atoms with van der Waals surface area (Å²) in [4.78, 5) is 12.6. The van der Waals surface area contributed by atoms with Crippen LogP contribution in [0.1, 0.15) is 62.0 Å². The molecule has 1 aliphatic heterocycles. The molecule has 2 aromatic carbocycles. The molecule has 0 atom stereocenters. The average molecular weight is 412 g/mol. The lowest BCUT2D eigenvalue weighted by Gasteiger charge is -2.22. The van der Waals surface area contributed by atoms with Gasteiger partial charge in [-0.05, 0) is 73.2 Å². The van der Waals surface area contributed by atoms with E-state index in [9.17, 15) is 4.79 Å². The minimum absolute atomic E-state index is 0.300. The van der Waals surface area contributed by atoms with E-state index in [1.165, 1.54) is 42.6 Å². The molecule has 1 fully saturated rings. The number of carbonyl (C=O) groups is 1. The number of ether oxygens (including phenoxy) is 2. The Bertz CT molecular complexity index is 815. The SMILES string of the molecule is O=C1Nc2ccc(OCCCCSc3ccc(C4CCCCC4)cc3)cc2CO1. The molecule has 5 heteroatoms. The van der Waals surface area contributed by atoms with Crippen LogP contribution in [0.2, 0.25) is 0 Å². The molecule has 1 N–H and O–H groups in total. The topological polar surface area (TPSA) is 47.6 Å². The Kier molecular flexibility index (Phi) is 6.99. The van der Waals surface area contributed by atoms with Crippen molar-refractivity contribution >= 4 is 23.5 Å². The number of benzene rings is 2. The maximum atomic E-state index is 11.2. The number of anilines is 1. The molecule has 4 rings (SSSR count). The minimum Gasteiger partial charge on any atom is -0.494 e. The number of hydrogen-bond acceptors (Lipinski definition) is 4. The molecule has 0 aromatic heterocycles. The zero-order valence-corrected chi connectivity index (χ0v) is 17.6. The third kappa shape index (κ3) is 5.69. The maximum Gasteiger partial charge on any atom is 0.411 e. The van der Waals surface area contributed by atoms with Crippen molar-refractivity contribution in [1.82, 2.24) is 0 Å². The predicted molar refractivity (Wildman–Crippen MR) is 118 cm³/mol. The lowest BCUT2D eigenvalue weighted by molar-refractivity contribution is 0.151. The molecular formula is C24H29NO3S. The molecular weight excluding hydrogens is 382 g/mol. The highest BCUT2D eigenvalue weighted by Crippen LogP contribution is 2.33. The Morgan fingerprint density at radius 1 is 1.03 bits per heavy atom. The highest BCUT2D eigenvalue weighted by atomic mass is 32.2. The lowest BCUT2D eigenvalue weighted by atomic mass is 9.84. The van der Waals surface area contributed by atoms with Crippen molar-refractivity contribution in [1.29, 1.82) is 0 Å². The molecule has 1 heterocycles. The van der Waals surface area contributed by atoms with Gasteiger partial charge >= 0.3 is 6.09 Å². The largest absolute Gasteiger partial charge is 0.494 e. The molecule has 0 radical (unpaired) electrons. The highest BCUT2D eigenvalue weighted by molar-refractivity contribution is 7.99. The summed E-state index contributed by atoms with van der Waals surface area (Å²) >= 11 is 1.93. The second kappa shape index (κ2) is 10.1. The Labute approximate surface area is 177 Å². The number of unbranched alkanes of at least 4 members (excludes halogenated alkanes) is 1. The lowest BCUT2D eigenvalue weighted by Crippen LogP contribution is -2.20. The van der Waals surface area contributed by atoms with Crippen LogP contribution >= 0.6 is 11.8 Å². The predicted octanol–water partition coefficient (Wildman–Crippen LogP) is 6.75. The normalized spacial score (nSPS) is 16.6. The summed E-state index contributed by atoms with van der Waals surface area (Å²) in [5, 5.41) is 2.69. The van der Waals surface area contributed by atoms with Crippen molar-refractivity contribution in [2.24, 2.45) is 0 Å². The summed E-state index contributed by atoms with van der Waals surface area (Å²) in [7, 11) is 0. The van der Waals surface area contributed by atoms with Gasteiger partial charge in [-0.1, -0.05) is 31.4 Å². The molecule has 29 heavy (non-hydrogen) atoms. The number of carbonyl (C=O) groups excluding carboxylic acids is 1. The molecule has 0 saturated heterocycles. The molecule has 1 amide bonds. The van der Waals surface area contributed by atoms with Crippen molar-refractivity contribution < 1.29 is 14.3 Å². The van der Waals surface area contributed by atoms with Gasteiger partial charge in [0.15, 0.2) is 0 Å². The van der Waals surface area contributed by atoms with Gasteiger partial charge in [-0.25, -0.2) is 4.79 Å². The minimum atomic E-state index is -0.396. The van der Waals surface area contributed by atoms with Crippen LogP contribution in [0.4, 0.5) is 10.5 Å². The molecule has 2 aromatic rings. The van der Waals surface area contributed by atoms with E-state index in [0.29, 0.717) is 13.2 Å². The van der Waals surface area contributed by atoms with Crippen molar-refractivity contribution in [2.75, 3.05) is 17.7 Å². The van der Waals surface area contributed by atoms with Gasteiger partial charge in [-0.3, -0.25) is 5.32 Å². The first kappa shape index (κ1) is 20.1. The van der Waals surface area contributed by atoms with Crippen molar-refractivity contribution in [3.8, 4) is 5.75 Å². The summed E-state index contributed by atoms with van der Waals surface area (Å²) in [5.41, 5.74) is 3.28. The zero-order valence-electron chi connectivity index (χ0n) is 16.8. The van der Waals surface area contributed by atoms with Crippen LogP contribution in [-0.4, -0.2) is 18.5 Å².